The molecule has 3 aromatic rings. The third kappa shape index (κ3) is 4.35. The lowest BCUT2D eigenvalue weighted by molar-refractivity contribution is 0.102. The van der Waals surface area contributed by atoms with Gasteiger partial charge in [-0.3, -0.25) is 4.79 Å². The van der Waals surface area contributed by atoms with Gasteiger partial charge in [0.25, 0.3) is 5.91 Å². The Hall–Kier alpha value is -2.27. The Morgan fingerprint density at radius 2 is 1.97 bits per heavy atom. The standard InChI is InChI=1S/C19H21N3O4S3/c1-4-22(5-2)29(25,26)14-6-7-16(23)15(10-14)21-18(24)17-12(3)20-19(28-17)13-8-9-27-11-13/h6-11,23H,4-5H2,1-3H3,(H,21,24). The van der Waals surface area contributed by atoms with Crippen molar-refractivity contribution in [1.82, 2.24) is 9.29 Å². The summed E-state index contributed by atoms with van der Waals surface area (Å²) < 4.78 is 26.8. The monoisotopic (exact) mass is 451 g/mol. The molecule has 0 aliphatic heterocycles. The van der Waals surface area contributed by atoms with Crippen LogP contribution in [0, 0.1) is 6.92 Å². The quantitative estimate of drug-likeness (QED) is 0.525. The zero-order chi connectivity index (χ0) is 21.2. The van der Waals surface area contributed by atoms with E-state index >= 15 is 0 Å². The van der Waals surface area contributed by atoms with Crippen LogP contribution in [-0.4, -0.2) is 41.8 Å². The number of rotatable bonds is 7. The smallest absolute Gasteiger partial charge is 0.267 e. The van der Waals surface area contributed by atoms with Gasteiger partial charge in [0.05, 0.1) is 16.3 Å². The van der Waals surface area contributed by atoms with Crippen LogP contribution in [0.2, 0.25) is 0 Å². The van der Waals surface area contributed by atoms with Crippen LogP contribution in [0.3, 0.4) is 0 Å². The summed E-state index contributed by atoms with van der Waals surface area (Å²) in [5, 5.41) is 17.4. The first kappa shape index (κ1) is 21.4. The molecule has 7 nitrogen and oxygen atoms in total. The van der Waals surface area contributed by atoms with E-state index in [-0.39, 0.29) is 16.3 Å². The number of aryl methyl sites for hydroxylation is 1. The number of nitrogens with one attached hydrogen (secondary N) is 1. The number of phenolic OH excluding ortho intramolecular Hbond substituents is 1. The van der Waals surface area contributed by atoms with Gasteiger partial charge >= 0.3 is 0 Å². The maximum absolute atomic E-state index is 12.8. The largest absolute Gasteiger partial charge is 0.506 e. The van der Waals surface area contributed by atoms with Crippen LogP contribution in [0.15, 0.2) is 39.9 Å². The molecule has 2 aromatic heterocycles. The topological polar surface area (TPSA) is 99.6 Å². The van der Waals surface area contributed by atoms with Gasteiger partial charge < -0.3 is 10.4 Å². The van der Waals surface area contributed by atoms with Gasteiger partial charge in [0.2, 0.25) is 10.0 Å². The van der Waals surface area contributed by atoms with Crippen molar-refractivity contribution in [3.05, 3.63) is 45.6 Å². The van der Waals surface area contributed by atoms with E-state index in [2.05, 4.69) is 10.3 Å². The lowest BCUT2D eigenvalue weighted by Crippen LogP contribution is -2.30. The molecule has 0 saturated carbocycles. The summed E-state index contributed by atoms with van der Waals surface area (Å²) in [5.41, 5.74) is 1.55. The van der Waals surface area contributed by atoms with Gasteiger partial charge in [0.15, 0.2) is 0 Å². The summed E-state index contributed by atoms with van der Waals surface area (Å²) in [4.78, 5) is 17.6. The highest BCUT2D eigenvalue weighted by Crippen LogP contribution is 2.32. The van der Waals surface area contributed by atoms with Crippen molar-refractivity contribution in [2.45, 2.75) is 25.7 Å². The van der Waals surface area contributed by atoms with Crippen molar-refractivity contribution in [2.24, 2.45) is 0 Å². The Morgan fingerprint density at radius 1 is 1.24 bits per heavy atom. The number of thiophene rings is 1. The van der Waals surface area contributed by atoms with Crippen LogP contribution in [0.4, 0.5) is 5.69 Å². The second-order valence-corrected chi connectivity index (χ2v) is 9.89. The van der Waals surface area contributed by atoms with Crippen molar-refractivity contribution in [3.63, 3.8) is 0 Å². The first-order chi connectivity index (χ1) is 13.8. The van der Waals surface area contributed by atoms with Gasteiger partial charge in [0, 0.05) is 24.0 Å². The fourth-order valence-corrected chi connectivity index (χ4v) is 5.94. The first-order valence-electron chi connectivity index (χ1n) is 8.92. The SMILES string of the molecule is CCN(CC)S(=O)(=O)c1ccc(O)c(NC(=O)c2sc(-c3ccsc3)nc2C)c1. The summed E-state index contributed by atoms with van der Waals surface area (Å²) >= 11 is 2.79. The lowest BCUT2D eigenvalue weighted by atomic mass is 10.2. The second-order valence-electron chi connectivity index (χ2n) is 6.17. The Balaban J connectivity index is 1.90. The molecule has 0 saturated heterocycles. The number of anilines is 1. The van der Waals surface area contributed by atoms with Gasteiger partial charge in [-0.05, 0) is 36.6 Å². The molecule has 0 atom stereocenters. The Bertz CT molecular complexity index is 1120. The maximum atomic E-state index is 12.8. The number of nitrogens with zero attached hydrogens (tertiary/aromatic N) is 2. The molecular weight excluding hydrogens is 430 g/mol. The number of aromatic nitrogens is 1. The maximum Gasteiger partial charge on any atom is 0.267 e. The zero-order valence-corrected chi connectivity index (χ0v) is 18.6. The molecular formula is C19H21N3O4S3. The minimum Gasteiger partial charge on any atom is -0.506 e. The van der Waals surface area contributed by atoms with Crippen molar-refractivity contribution >= 4 is 44.3 Å². The van der Waals surface area contributed by atoms with Crippen LogP contribution >= 0.6 is 22.7 Å². The van der Waals surface area contributed by atoms with Crippen LogP contribution in [-0.2, 0) is 10.0 Å². The van der Waals surface area contributed by atoms with Crippen molar-refractivity contribution in [3.8, 4) is 16.3 Å². The number of carbonyl (C=O) groups excluding carboxylic acids is 1. The molecule has 3 rings (SSSR count). The van der Waals surface area contributed by atoms with Gasteiger partial charge in [-0.2, -0.15) is 15.6 Å². The van der Waals surface area contributed by atoms with Gasteiger partial charge in [-0.25, -0.2) is 13.4 Å². The van der Waals surface area contributed by atoms with Crippen molar-refractivity contribution < 1.29 is 18.3 Å². The van der Waals surface area contributed by atoms with E-state index in [1.54, 1.807) is 32.1 Å². The van der Waals surface area contributed by atoms with Crippen LogP contribution in [0.25, 0.3) is 10.6 Å². The Kier molecular flexibility index (Phi) is 6.37. The molecule has 0 unspecified atom stereocenters. The number of aromatic hydroxyl groups is 1. The van der Waals surface area contributed by atoms with E-state index in [1.165, 1.54) is 33.8 Å². The van der Waals surface area contributed by atoms with E-state index in [0.29, 0.717) is 23.7 Å². The van der Waals surface area contributed by atoms with Crippen LogP contribution in [0.1, 0.15) is 29.2 Å². The Labute approximate surface area is 177 Å². The number of amides is 1. The molecule has 0 aliphatic rings. The molecule has 2 N–H and O–H groups in total. The highest BCUT2D eigenvalue weighted by Gasteiger charge is 2.24. The molecule has 0 spiro atoms. The average molecular weight is 452 g/mol. The van der Waals surface area contributed by atoms with Gasteiger partial charge in [0.1, 0.15) is 15.6 Å². The van der Waals surface area contributed by atoms with E-state index in [1.807, 2.05) is 16.8 Å². The van der Waals surface area contributed by atoms with Crippen LogP contribution in [0.5, 0.6) is 5.75 Å². The molecule has 0 bridgehead atoms. The predicted molar refractivity (Wildman–Crippen MR) is 116 cm³/mol. The number of phenols is 1. The van der Waals surface area contributed by atoms with Crippen LogP contribution < -0.4 is 5.32 Å². The molecule has 10 heteroatoms. The molecule has 29 heavy (non-hydrogen) atoms. The molecule has 1 amide bonds. The average Bonchev–Trinajstić information content (AvgIpc) is 3.33. The summed E-state index contributed by atoms with van der Waals surface area (Å²) in [5.74, 6) is -0.661. The lowest BCUT2D eigenvalue weighted by Gasteiger charge is -2.19. The predicted octanol–water partition coefficient (Wildman–Crippen LogP) is 4.17. The highest BCUT2D eigenvalue weighted by molar-refractivity contribution is 7.89. The number of carbonyl (C=O) groups is 1. The second kappa shape index (κ2) is 8.62. The van der Waals surface area contributed by atoms with E-state index in [4.69, 9.17) is 0 Å². The third-order valence-corrected chi connectivity index (χ3v) is 8.26. The van der Waals surface area contributed by atoms with Gasteiger partial charge in [-0.1, -0.05) is 13.8 Å². The van der Waals surface area contributed by atoms with Crippen molar-refractivity contribution in [1.29, 1.82) is 0 Å². The molecule has 0 aliphatic carbocycles. The number of benzene rings is 1. The number of sulfonamides is 1. The minimum absolute atomic E-state index is 0.00860. The summed E-state index contributed by atoms with van der Waals surface area (Å²) in [6, 6.07) is 5.79. The van der Waals surface area contributed by atoms with Gasteiger partial charge in [-0.15, -0.1) is 11.3 Å². The Morgan fingerprint density at radius 3 is 2.59 bits per heavy atom. The fraction of sp³-hybridized carbons (Fsp3) is 0.263. The highest BCUT2D eigenvalue weighted by atomic mass is 32.2. The summed E-state index contributed by atoms with van der Waals surface area (Å²) in [6.07, 6.45) is 0. The third-order valence-electron chi connectivity index (χ3n) is 4.33. The molecule has 1 aromatic carbocycles. The number of hydrogen-bond donors (Lipinski definition) is 2. The van der Waals surface area contributed by atoms with Crippen molar-refractivity contribution in [2.75, 3.05) is 18.4 Å². The fourth-order valence-electron chi connectivity index (χ4n) is 2.78. The summed E-state index contributed by atoms with van der Waals surface area (Å²) in [7, 11) is -3.71. The zero-order valence-electron chi connectivity index (χ0n) is 16.2. The van der Waals surface area contributed by atoms with E-state index in [0.717, 1.165) is 10.6 Å². The first-order valence-corrected chi connectivity index (χ1v) is 12.1. The normalized spacial score (nSPS) is 11.7. The molecule has 0 fully saturated rings. The number of thiazole rings is 1. The number of hydrogen-bond acceptors (Lipinski definition) is 7. The summed E-state index contributed by atoms with van der Waals surface area (Å²) in [6.45, 7) is 5.89. The molecule has 154 valence electrons. The van der Waals surface area contributed by atoms with E-state index in [9.17, 15) is 18.3 Å². The molecule has 0 radical (unpaired) electrons. The minimum atomic E-state index is -3.71. The van der Waals surface area contributed by atoms with E-state index < -0.39 is 15.9 Å². The molecule has 2 heterocycles.